The van der Waals surface area contributed by atoms with E-state index in [1.165, 1.54) is 0 Å². The molecule has 0 fully saturated rings. The van der Waals surface area contributed by atoms with Gasteiger partial charge in [0.1, 0.15) is 5.75 Å². The van der Waals surface area contributed by atoms with Crippen LogP contribution in [-0.2, 0) is 16.3 Å². The summed E-state index contributed by atoms with van der Waals surface area (Å²) >= 11 is 5.55. The Morgan fingerprint density at radius 1 is 1.00 bits per heavy atom. The minimum atomic E-state index is -2.38. The van der Waals surface area contributed by atoms with Gasteiger partial charge in [0.05, 0.1) is 5.30 Å². The summed E-state index contributed by atoms with van der Waals surface area (Å²) in [5.41, 5.74) is 2.21. The SMILES string of the molecule is COP1(=S)Oc2ccccc2-c2ccccc21. The third-order valence-corrected chi connectivity index (χ3v) is 5.99. The molecule has 1 aliphatic rings. The van der Waals surface area contributed by atoms with Crippen molar-refractivity contribution in [3.05, 3.63) is 48.5 Å². The van der Waals surface area contributed by atoms with Crippen LogP contribution in [0.2, 0.25) is 0 Å². The van der Waals surface area contributed by atoms with Crippen molar-refractivity contribution in [1.82, 2.24) is 0 Å². The zero-order valence-corrected chi connectivity index (χ0v) is 11.0. The van der Waals surface area contributed by atoms with Crippen LogP contribution in [0.3, 0.4) is 0 Å². The lowest BCUT2D eigenvalue weighted by Crippen LogP contribution is -2.18. The second-order valence-electron chi connectivity index (χ2n) is 3.78. The zero-order valence-electron chi connectivity index (χ0n) is 9.29. The molecule has 0 aromatic heterocycles. The molecule has 0 N–H and O–H groups in total. The Morgan fingerprint density at radius 3 is 2.41 bits per heavy atom. The van der Waals surface area contributed by atoms with E-state index in [-0.39, 0.29) is 0 Å². The third kappa shape index (κ3) is 1.62. The average molecular weight is 262 g/mol. The molecule has 0 bridgehead atoms. The highest BCUT2D eigenvalue weighted by Gasteiger charge is 2.31. The molecule has 1 unspecified atom stereocenters. The average Bonchev–Trinajstić information content (AvgIpc) is 2.39. The van der Waals surface area contributed by atoms with Gasteiger partial charge < -0.3 is 9.05 Å². The highest BCUT2D eigenvalue weighted by molar-refractivity contribution is 8.13. The van der Waals surface area contributed by atoms with Crippen LogP contribution in [0.1, 0.15) is 0 Å². The van der Waals surface area contributed by atoms with E-state index in [4.69, 9.17) is 20.9 Å². The van der Waals surface area contributed by atoms with Crippen molar-refractivity contribution in [2.24, 2.45) is 0 Å². The molecule has 0 saturated carbocycles. The first-order valence-corrected chi connectivity index (χ1v) is 7.93. The van der Waals surface area contributed by atoms with Gasteiger partial charge in [-0.3, -0.25) is 0 Å². The number of benzene rings is 2. The Balaban J connectivity index is 2.34. The van der Waals surface area contributed by atoms with Crippen LogP contribution in [0.5, 0.6) is 5.75 Å². The number of rotatable bonds is 1. The standard InChI is InChI=1S/C13H11O2PS/c1-14-16(17)13-9-5-3-7-11(13)10-6-2-4-8-12(10)15-16/h2-9H,1H3. The largest absolute Gasteiger partial charge is 0.440 e. The summed E-state index contributed by atoms with van der Waals surface area (Å²) in [7, 11) is 1.62. The van der Waals surface area contributed by atoms with Crippen molar-refractivity contribution in [3.63, 3.8) is 0 Å². The lowest BCUT2D eigenvalue weighted by molar-refractivity contribution is 0.401. The summed E-state index contributed by atoms with van der Waals surface area (Å²) < 4.78 is 11.4. The number of hydrogen-bond donors (Lipinski definition) is 0. The molecule has 1 atom stereocenters. The number of para-hydroxylation sites is 1. The van der Waals surface area contributed by atoms with Gasteiger partial charge in [0.2, 0.25) is 0 Å². The molecule has 0 saturated heterocycles. The second kappa shape index (κ2) is 3.95. The van der Waals surface area contributed by atoms with Crippen LogP contribution in [0, 0.1) is 0 Å². The van der Waals surface area contributed by atoms with Crippen molar-refractivity contribution in [1.29, 1.82) is 0 Å². The summed E-state index contributed by atoms with van der Waals surface area (Å²) in [6.07, 6.45) is 0. The van der Waals surface area contributed by atoms with Crippen LogP contribution < -0.4 is 9.83 Å². The maximum Gasteiger partial charge on any atom is 0.269 e. The molecular weight excluding hydrogens is 251 g/mol. The predicted molar refractivity (Wildman–Crippen MR) is 73.4 cm³/mol. The molecule has 1 aliphatic heterocycles. The molecule has 2 aromatic rings. The van der Waals surface area contributed by atoms with Crippen molar-refractivity contribution >= 4 is 23.6 Å². The first-order valence-electron chi connectivity index (χ1n) is 5.29. The summed E-state index contributed by atoms with van der Waals surface area (Å²) in [6.45, 7) is -2.38. The topological polar surface area (TPSA) is 18.5 Å². The van der Waals surface area contributed by atoms with Crippen LogP contribution in [0.25, 0.3) is 11.1 Å². The Bertz CT molecular complexity index is 624. The van der Waals surface area contributed by atoms with Gasteiger partial charge in [-0.2, -0.15) is 0 Å². The van der Waals surface area contributed by atoms with Crippen molar-refractivity contribution < 1.29 is 9.05 Å². The molecule has 2 aromatic carbocycles. The Morgan fingerprint density at radius 2 is 1.65 bits per heavy atom. The Labute approximate surface area is 105 Å². The van der Waals surface area contributed by atoms with Crippen LogP contribution in [0.15, 0.2) is 48.5 Å². The molecule has 1 heterocycles. The Hall–Kier alpha value is -1.15. The number of hydrogen-bond acceptors (Lipinski definition) is 3. The minimum absolute atomic E-state index is 0.816. The molecule has 4 heteroatoms. The first kappa shape index (κ1) is 11.0. The summed E-state index contributed by atoms with van der Waals surface area (Å²) in [6, 6.07) is 16.0. The maximum absolute atomic E-state index is 5.90. The predicted octanol–water partition coefficient (Wildman–Crippen LogP) is 3.33. The lowest BCUT2D eigenvalue weighted by atomic mass is 10.0. The summed E-state index contributed by atoms with van der Waals surface area (Å²) in [5, 5.41) is 0.996. The molecule has 0 radical (unpaired) electrons. The van der Waals surface area contributed by atoms with Crippen LogP contribution in [-0.4, -0.2) is 7.11 Å². The summed E-state index contributed by atoms with van der Waals surface area (Å²) in [4.78, 5) is 0. The van der Waals surface area contributed by atoms with Gasteiger partial charge in [0, 0.05) is 12.7 Å². The van der Waals surface area contributed by atoms with E-state index in [0.29, 0.717) is 0 Å². The zero-order chi connectivity index (χ0) is 11.9. The van der Waals surface area contributed by atoms with Gasteiger partial charge >= 0.3 is 0 Å². The van der Waals surface area contributed by atoms with Crippen LogP contribution >= 0.6 is 6.49 Å². The molecule has 17 heavy (non-hydrogen) atoms. The molecule has 3 rings (SSSR count). The van der Waals surface area contributed by atoms with E-state index < -0.39 is 6.49 Å². The van der Waals surface area contributed by atoms with Gasteiger partial charge in [-0.05, 0) is 29.5 Å². The molecule has 0 aliphatic carbocycles. The quantitative estimate of drug-likeness (QED) is 0.734. The smallest absolute Gasteiger partial charge is 0.269 e. The van der Waals surface area contributed by atoms with Gasteiger partial charge in [0.15, 0.2) is 0 Å². The molecular formula is C13H11O2PS. The molecule has 0 amide bonds. The number of fused-ring (bicyclic) bond motifs is 3. The molecule has 0 spiro atoms. The highest BCUT2D eigenvalue weighted by Crippen LogP contribution is 2.54. The monoisotopic (exact) mass is 262 g/mol. The summed E-state index contributed by atoms with van der Waals surface area (Å²) in [5.74, 6) is 0.816. The maximum atomic E-state index is 5.90. The van der Waals surface area contributed by atoms with Gasteiger partial charge in [-0.25, -0.2) is 0 Å². The van der Waals surface area contributed by atoms with Crippen molar-refractivity contribution in [3.8, 4) is 16.9 Å². The van der Waals surface area contributed by atoms with Crippen LogP contribution in [0.4, 0.5) is 0 Å². The molecule has 2 nitrogen and oxygen atoms in total. The van der Waals surface area contributed by atoms with E-state index >= 15 is 0 Å². The fourth-order valence-corrected chi connectivity index (χ4v) is 4.29. The van der Waals surface area contributed by atoms with E-state index in [2.05, 4.69) is 6.07 Å². The highest BCUT2D eigenvalue weighted by atomic mass is 32.5. The van der Waals surface area contributed by atoms with Gasteiger partial charge in [0.25, 0.3) is 6.49 Å². The normalized spacial score (nSPS) is 21.2. The van der Waals surface area contributed by atoms with Crippen molar-refractivity contribution in [2.45, 2.75) is 0 Å². The van der Waals surface area contributed by atoms with Gasteiger partial charge in [-0.15, -0.1) is 0 Å². The fraction of sp³-hybridized carbons (Fsp3) is 0.0769. The minimum Gasteiger partial charge on any atom is -0.440 e. The van der Waals surface area contributed by atoms with E-state index in [9.17, 15) is 0 Å². The van der Waals surface area contributed by atoms with Gasteiger partial charge in [-0.1, -0.05) is 36.4 Å². The van der Waals surface area contributed by atoms with E-state index in [0.717, 1.165) is 22.2 Å². The third-order valence-electron chi connectivity index (χ3n) is 2.84. The second-order valence-corrected chi connectivity index (χ2v) is 7.25. The van der Waals surface area contributed by atoms with E-state index in [1.54, 1.807) is 7.11 Å². The first-order chi connectivity index (χ1) is 8.24. The van der Waals surface area contributed by atoms with Crippen molar-refractivity contribution in [2.75, 3.05) is 7.11 Å². The fourth-order valence-electron chi connectivity index (χ4n) is 2.02. The van der Waals surface area contributed by atoms with E-state index in [1.807, 2.05) is 42.5 Å². The molecule has 86 valence electrons. The lowest BCUT2D eigenvalue weighted by Gasteiger charge is -2.29. The Kier molecular flexibility index (Phi) is 2.55.